The molecule has 0 unspecified atom stereocenters. The van der Waals surface area contributed by atoms with E-state index >= 15 is 0 Å². The lowest BCUT2D eigenvalue weighted by atomic mass is 9.82. The first-order chi connectivity index (χ1) is 11.8. The number of likely N-dealkylation sites (N-methyl/N-ethyl adjacent to an activating group) is 1. The van der Waals surface area contributed by atoms with Crippen molar-refractivity contribution >= 4 is 6.03 Å². The lowest BCUT2D eigenvalue weighted by Crippen LogP contribution is -2.44. The molecule has 25 heavy (non-hydrogen) atoms. The molecule has 2 aromatic rings. The smallest absolute Gasteiger partial charge is 0.314 e. The Balaban J connectivity index is 1.89. The van der Waals surface area contributed by atoms with Crippen LogP contribution in [0.2, 0.25) is 0 Å². The molecule has 0 aliphatic carbocycles. The maximum absolute atomic E-state index is 12.2. The van der Waals surface area contributed by atoms with Gasteiger partial charge in [-0.1, -0.05) is 38.1 Å². The van der Waals surface area contributed by atoms with Crippen molar-refractivity contribution in [2.75, 3.05) is 27.2 Å². The molecule has 1 heterocycles. The maximum Gasteiger partial charge on any atom is 0.314 e. The molecule has 0 spiro atoms. The minimum atomic E-state index is -0.167. The summed E-state index contributed by atoms with van der Waals surface area (Å²) in [6.07, 6.45) is 1.65. The van der Waals surface area contributed by atoms with E-state index in [1.165, 1.54) is 11.1 Å². The van der Waals surface area contributed by atoms with E-state index in [0.717, 1.165) is 5.76 Å². The van der Waals surface area contributed by atoms with Crippen molar-refractivity contribution in [2.45, 2.75) is 32.2 Å². The zero-order valence-corrected chi connectivity index (χ0v) is 15.8. The fourth-order valence-corrected chi connectivity index (χ4v) is 3.00. The molecule has 1 aromatic heterocycles. The van der Waals surface area contributed by atoms with E-state index in [1.54, 1.807) is 6.26 Å². The highest BCUT2D eigenvalue weighted by molar-refractivity contribution is 5.74. The quantitative estimate of drug-likeness (QED) is 0.809. The summed E-state index contributed by atoms with van der Waals surface area (Å²) in [5.41, 5.74) is 2.35. The van der Waals surface area contributed by atoms with E-state index in [1.807, 2.05) is 43.3 Å². The Morgan fingerprint density at radius 3 is 2.48 bits per heavy atom. The van der Waals surface area contributed by atoms with Crippen LogP contribution in [-0.2, 0) is 5.41 Å². The van der Waals surface area contributed by atoms with Crippen molar-refractivity contribution in [3.05, 3.63) is 59.5 Å². The number of nitrogens with zero attached hydrogens (tertiary/aromatic N) is 1. The van der Waals surface area contributed by atoms with Gasteiger partial charge < -0.3 is 15.1 Å². The second-order valence-electron chi connectivity index (χ2n) is 7.26. The highest BCUT2D eigenvalue weighted by atomic mass is 16.3. The molecule has 0 aliphatic heterocycles. The number of hydrogen-bond acceptors (Lipinski definition) is 3. The van der Waals surface area contributed by atoms with Crippen LogP contribution in [0.1, 0.15) is 36.8 Å². The molecule has 2 amide bonds. The standard InChI is InChI=1S/C20H29N3O2/c1-15-9-6-7-10-16(15)20(2,3)14-22-19(24)21-13-17(23(4)5)18-11-8-12-25-18/h6-12,17H,13-14H2,1-5H3,(H2,21,22,24)/t17-/m0/s1. The maximum atomic E-state index is 12.2. The highest BCUT2D eigenvalue weighted by Crippen LogP contribution is 2.25. The minimum absolute atomic E-state index is 0.00475. The van der Waals surface area contributed by atoms with Crippen LogP contribution in [0.4, 0.5) is 4.79 Å². The number of nitrogens with one attached hydrogen (secondary N) is 2. The summed E-state index contributed by atoms with van der Waals surface area (Å²) in [4.78, 5) is 14.3. The second-order valence-corrected chi connectivity index (χ2v) is 7.26. The number of urea groups is 1. The van der Waals surface area contributed by atoms with Gasteiger partial charge in [-0.3, -0.25) is 4.90 Å². The van der Waals surface area contributed by atoms with Crippen molar-refractivity contribution in [2.24, 2.45) is 0 Å². The Morgan fingerprint density at radius 1 is 1.16 bits per heavy atom. The lowest BCUT2D eigenvalue weighted by Gasteiger charge is -2.28. The van der Waals surface area contributed by atoms with Crippen molar-refractivity contribution < 1.29 is 9.21 Å². The van der Waals surface area contributed by atoms with Gasteiger partial charge in [0.1, 0.15) is 5.76 Å². The largest absolute Gasteiger partial charge is 0.468 e. The summed E-state index contributed by atoms with van der Waals surface area (Å²) < 4.78 is 5.46. The van der Waals surface area contributed by atoms with Gasteiger partial charge in [0.25, 0.3) is 0 Å². The molecule has 136 valence electrons. The molecular weight excluding hydrogens is 314 g/mol. The fourth-order valence-electron chi connectivity index (χ4n) is 3.00. The van der Waals surface area contributed by atoms with Crippen molar-refractivity contribution in [3.8, 4) is 0 Å². The number of rotatable bonds is 7. The van der Waals surface area contributed by atoms with Crippen LogP contribution in [0.15, 0.2) is 47.1 Å². The number of amides is 2. The molecule has 1 aromatic carbocycles. The van der Waals surface area contributed by atoms with Crippen LogP contribution >= 0.6 is 0 Å². The van der Waals surface area contributed by atoms with Crippen molar-refractivity contribution in [3.63, 3.8) is 0 Å². The molecule has 0 fully saturated rings. The molecule has 0 bridgehead atoms. The fraction of sp³-hybridized carbons (Fsp3) is 0.450. The second kappa shape index (κ2) is 8.21. The Hall–Kier alpha value is -2.27. The van der Waals surface area contributed by atoms with Gasteiger partial charge in [-0.2, -0.15) is 0 Å². The van der Waals surface area contributed by atoms with Gasteiger partial charge in [-0.15, -0.1) is 0 Å². The summed E-state index contributed by atoms with van der Waals surface area (Å²) in [5.74, 6) is 0.838. The molecule has 0 radical (unpaired) electrons. The van der Waals surface area contributed by atoms with E-state index in [9.17, 15) is 4.79 Å². The van der Waals surface area contributed by atoms with Crippen LogP contribution in [0.25, 0.3) is 0 Å². The van der Waals surface area contributed by atoms with E-state index in [2.05, 4.69) is 43.5 Å². The molecule has 1 atom stereocenters. The van der Waals surface area contributed by atoms with E-state index in [4.69, 9.17) is 4.42 Å². The van der Waals surface area contributed by atoms with Gasteiger partial charge in [-0.25, -0.2) is 4.79 Å². The monoisotopic (exact) mass is 343 g/mol. The van der Waals surface area contributed by atoms with Crippen molar-refractivity contribution in [1.29, 1.82) is 0 Å². The van der Waals surface area contributed by atoms with Gasteiger partial charge in [0.2, 0.25) is 0 Å². The Bertz CT molecular complexity index is 678. The third-order valence-electron chi connectivity index (χ3n) is 4.52. The van der Waals surface area contributed by atoms with Gasteiger partial charge in [0.05, 0.1) is 12.3 Å². The van der Waals surface area contributed by atoms with Crippen molar-refractivity contribution in [1.82, 2.24) is 15.5 Å². The molecule has 0 saturated heterocycles. The van der Waals surface area contributed by atoms with Gasteiger partial charge >= 0.3 is 6.03 Å². The van der Waals surface area contributed by atoms with Crippen LogP contribution in [-0.4, -0.2) is 38.1 Å². The number of hydrogen-bond donors (Lipinski definition) is 2. The summed E-state index contributed by atoms with van der Waals surface area (Å²) in [7, 11) is 3.93. The predicted octanol–water partition coefficient (Wildman–Crippen LogP) is 3.47. The third kappa shape index (κ3) is 5.10. The first kappa shape index (κ1) is 19.1. The van der Waals surface area contributed by atoms with Crippen LogP contribution in [0.3, 0.4) is 0 Å². The van der Waals surface area contributed by atoms with E-state index < -0.39 is 0 Å². The number of aryl methyl sites for hydroxylation is 1. The molecular formula is C20H29N3O2. The SMILES string of the molecule is Cc1ccccc1C(C)(C)CNC(=O)NC[C@@H](c1ccco1)N(C)C. The van der Waals surface area contributed by atoms with Crippen LogP contribution in [0, 0.1) is 6.92 Å². The van der Waals surface area contributed by atoms with Gasteiger partial charge in [-0.05, 0) is 44.3 Å². The predicted molar refractivity (Wildman–Crippen MR) is 101 cm³/mol. The highest BCUT2D eigenvalue weighted by Gasteiger charge is 2.23. The molecule has 2 N–H and O–H groups in total. The Morgan fingerprint density at radius 2 is 1.88 bits per heavy atom. The number of benzene rings is 1. The number of carbonyl (C=O) groups excluding carboxylic acids is 1. The molecule has 5 nitrogen and oxygen atoms in total. The van der Waals surface area contributed by atoms with Gasteiger partial charge in [0, 0.05) is 18.5 Å². The van der Waals surface area contributed by atoms with Crippen LogP contribution < -0.4 is 10.6 Å². The zero-order chi connectivity index (χ0) is 18.4. The molecule has 2 rings (SSSR count). The normalized spacial score (nSPS) is 12.9. The summed E-state index contributed by atoms with van der Waals surface area (Å²) >= 11 is 0. The number of carbonyl (C=O) groups is 1. The first-order valence-electron chi connectivity index (χ1n) is 8.59. The molecule has 0 saturated carbocycles. The first-order valence-corrected chi connectivity index (χ1v) is 8.59. The van der Waals surface area contributed by atoms with E-state index in [-0.39, 0.29) is 17.5 Å². The Labute approximate surface area is 150 Å². The van der Waals surface area contributed by atoms with Gasteiger partial charge in [0.15, 0.2) is 0 Å². The topological polar surface area (TPSA) is 57.5 Å². The zero-order valence-electron chi connectivity index (χ0n) is 15.8. The lowest BCUT2D eigenvalue weighted by molar-refractivity contribution is 0.223. The summed E-state index contributed by atoms with van der Waals surface area (Å²) in [6, 6.07) is 11.9. The summed E-state index contributed by atoms with van der Waals surface area (Å²) in [6.45, 7) is 7.43. The average molecular weight is 343 g/mol. The molecule has 5 heteroatoms. The minimum Gasteiger partial charge on any atom is -0.468 e. The molecule has 0 aliphatic rings. The Kier molecular flexibility index (Phi) is 6.26. The third-order valence-corrected chi connectivity index (χ3v) is 4.52. The average Bonchev–Trinajstić information content (AvgIpc) is 3.07. The number of furan rings is 1. The van der Waals surface area contributed by atoms with Crippen LogP contribution in [0.5, 0.6) is 0 Å². The summed E-state index contributed by atoms with van der Waals surface area (Å²) in [5, 5.41) is 5.93. The van der Waals surface area contributed by atoms with E-state index in [0.29, 0.717) is 13.1 Å².